The minimum absolute atomic E-state index is 0.259. The molecule has 18 heavy (non-hydrogen) atoms. The zero-order valence-corrected chi connectivity index (χ0v) is 9.17. The van der Waals surface area contributed by atoms with Gasteiger partial charge in [0, 0.05) is 6.54 Å². The molecule has 2 N–H and O–H groups in total. The molecule has 1 aromatic rings. The van der Waals surface area contributed by atoms with Crippen LogP contribution in [-0.2, 0) is 0 Å². The molecular formula is C11H10F5NO. The first-order chi connectivity index (χ1) is 8.36. The summed E-state index contributed by atoms with van der Waals surface area (Å²) in [5, 5.41) is 11.8. The van der Waals surface area contributed by atoms with Crippen LogP contribution in [0.3, 0.4) is 0 Å². The van der Waals surface area contributed by atoms with Gasteiger partial charge in [-0.3, -0.25) is 0 Å². The standard InChI is InChI=1S/C11H10F5NO/c12-5-6(13)8(15)10(9(16)7(5)14)17-4-11(18)2-1-3-11/h17-18H,1-4H2. The first-order valence-electron chi connectivity index (χ1n) is 5.33. The van der Waals surface area contributed by atoms with Gasteiger partial charge in [-0.2, -0.15) is 0 Å². The first kappa shape index (κ1) is 13.1. The van der Waals surface area contributed by atoms with E-state index >= 15 is 0 Å². The summed E-state index contributed by atoms with van der Waals surface area (Å²) in [4.78, 5) is 0. The first-order valence-corrected chi connectivity index (χ1v) is 5.33. The lowest BCUT2D eigenvalue weighted by molar-refractivity contribution is -0.0203. The van der Waals surface area contributed by atoms with Crippen molar-refractivity contribution in [3.05, 3.63) is 29.1 Å². The van der Waals surface area contributed by atoms with Crippen LogP contribution in [0.1, 0.15) is 19.3 Å². The molecule has 0 aromatic heterocycles. The molecule has 0 aliphatic heterocycles. The lowest BCUT2D eigenvalue weighted by Crippen LogP contribution is -2.43. The molecule has 0 atom stereocenters. The molecule has 0 saturated heterocycles. The van der Waals surface area contributed by atoms with Crippen molar-refractivity contribution in [2.45, 2.75) is 24.9 Å². The second kappa shape index (κ2) is 4.38. The highest BCUT2D eigenvalue weighted by Crippen LogP contribution is 2.33. The Bertz CT molecular complexity index is 458. The normalized spacial score (nSPS) is 17.4. The van der Waals surface area contributed by atoms with Crippen molar-refractivity contribution in [1.82, 2.24) is 0 Å². The van der Waals surface area contributed by atoms with Crippen LogP contribution in [0.15, 0.2) is 0 Å². The van der Waals surface area contributed by atoms with Gasteiger partial charge in [0.05, 0.1) is 5.60 Å². The molecule has 1 aliphatic carbocycles. The molecule has 2 nitrogen and oxygen atoms in total. The third-order valence-corrected chi connectivity index (χ3v) is 3.09. The van der Waals surface area contributed by atoms with Crippen LogP contribution in [0.4, 0.5) is 27.6 Å². The lowest BCUT2D eigenvalue weighted by Gasteiger charge is -2.36. The maximum Gasteiger partial charge on any atom is 0.200 e. The molecule has 1 fully saturated rings. The minimum Gasteiger partial charge on any atom is -0.388 e. The molecule has 0 unspecified atom stereocenters. The molecule has 2 rings (SSSR count). The highest BCUT2D eigenvalue weighted by Gasteiger charge is 2.35. The van der Waals surface area contributed by atoms with E-state index in [4.69, 9.17) is 0 Å². The zero-order valence-electron chi connectivity index (χ0n) is 9.17. The Kier molecular flexibility index (Phi) is 3.18. The SMILES string of the molecule is OC1(CNc2c(F)c(F)c(F)c(F)c2F)CCC1. The Hall–Kier alpha value is -1.37. The molecule has 1 saturated carbocycles. The average Bonchev–Trinajstić information content (AvgIpc) is 2.31. The number of aliphatic hydroxyl groups is 1. The van der Waals surface area contributed by atoms with Crippen LogP contribution in [0.25, 0.3) is 0 Å². The van der Waals surface area contributed by atoms with E-state index in [1.807, 2.05) is 0 Å². The predicted molar refractivity (Wildman–Crippen MR) is 53.5 cm³/mol. The summed E-state index contributed by atoms with van der Waals surface area (Å²) in [5.41, 5.74) is -2.24. The van der Waals surface area contributed by atoms with Crippen LogP contribution < -0.4 is 5.32 Å². The quantitative estimate of drug-likeness (QED) is 0.501. The van der Waals surface area contributed by atoms with Crippen molar-refractivity contribution in [1.29, 1.82) is 0 Å². The molecule has 0 amide bonds. The second-order valence-electron chi connectivity index (χ2n) is 4.38. The number of benzene rings is 1. The number of hydrogen-bond donors (Lipinski definition) is 2. The van der Waals surface area contributed by atoms with E-state index in [1.54, 1.807) is 0 Å². The zero-order chi connectivity index (χ0) is 13.5. The topological polar surface area (TPSA) is 32.3 Å². The maximum absolute atomic E-state index is 13.2. The van der Waals surface area contributed by atoms with E-state index in [-0.39, 0.29) is 6.54 Å². The third-order valence-electron chi connectivity index (χ3n) is 3.09. The molecule has 1 aromatic carbocycles. The van der Waals surface area contributed by atoms with Crippen molar-refractivity contribution >= 4 is 5.69 Å². The van der Waals surface area contributed by atoms with Gasteiger partial charge in [0.1, 0.15) is 5.69 Å². The Morgan fingerprint density at radius 2 is 1.33 bits per heavy atom. The van der Waals surface area contributed by atoms with Crippen LogP contribution in [0, 0.1) is 29.1 Å². The smallest absolute Gasteiger partial charge is 0.200 e. The lowest BCUT2D eigenvalue weighted by atomic mass is 9.80. The molecule has 1 aliphatic rings. The molecule has 0 bridgehead atoms. The fourth-order valence-corrected chi connectivity index (χ4v) is 1.77. The van der Waals surface area contributed by atoms with Gasteiger partial charge in [-0.05, 0) is 19.3 Å². The minimum atomic E-state index is -2.20. The number of halogens is 5. The van der Waals surface area contributed by atoms with Crippen molar-refractivity contribution in [2.24, 2.45) is 0 Å². The predicted octanol–water partition coefficient (Wildman–Crippen LogP) is 2.71. The second-order valence-corrected chi connectivity index (χ2v) is 4.38. The van der Waals surface area contributed by atoms with Crippen molar-refractivity contribution in [3.63, 3.8) is 0 Å². The summed E-state index contributed by atoms with van der Waals surface area (Å²) in [6, 6.07) is 0. The van der Waals surface area contributed by atoms with Gasteiger partial charge in [0.15, 0.2) is 23.3 Å². The van der Waals surface area contributed by atoms with Gasteiger partial charge in [-0.1, -0.05) is 0 Å². The maximum atomic E-state index is 13.2. The number of nitrogens with one attached hydrogen (secondary N) is 1. The highest BCUT2D eigenvalue weighted by molar-refractivity contribution is 5.48. The van der Waals surface area contributed by atoms with E-state index in [0.717, 1.165) is 6.42 Å². The van der Waals surface area contributed by atoms with Crippen LogP contribution in [0.2, 0.25) is 0 Å². The van der Waals surface area contributed by atoms with E-state index in [1.165, 1.54) is 0 Å². The summed E-state index contributed by atoms with van der Waals surface area (Å²) in [7, 11) is 0. The summed E-state index contributed by atoms with van der Waals surface area (Å²) in [5.74, 6) is -10.0. The monoisotopic (exact) mass is 267 g/mol. The van der Waals surface area contributed by atoms with E-state index in [9.17, 15) is 27.1 Å². The Labute approximate surface area is 99.4 Å². The molecule has 0 heterocycles. The van der Waals surface area contributed by atoms with Gasteiger partial charge < -0.3 is 10.4 Å². The molecule has 7 heteroatoms. The van der Waals surface area contributed by atoms with Crippen LogP contribution in [-0.4, -0.2) is 17.3 Å². The molecule has 100 valence electrons. The Morgan fingerprint density at radius 3 is 1.72 bits per heavy atom. The van der Waals surface area contributed by atoms with Crippen LogP contribution in [0.5, 0.6) is 0 Å². The Morgan fingerprint density at radius 1 is 0.889 bits per heavy atom. The molecule has 0 spiro atoms. The number of rotatable bonds is 3. The van der Waals surface area contributed by atoms with E-state index in [2.05, 4.69) is 5.32 Å². The summed E-state index contributed by atoms with van der Waals surface area (Å²) >= 11 is 0. The van der Waals surface area contributed by atoms with Crippen molar-refractivity contribution in [3.8, 4) is 0 Å². The van der Waals surface area contributed by atoms with Gasteiger partial charge >= 0.3 is 0 Å². The Balaban J connectivity index is 2.27. The molecule has 0 radical (unpaired) electrons. The van der Waals surface area contributed by atoms with Crippen molar-refractivity contribution in [2.75, 3.05) is 11.9 Å². The average molecular weight is 267 g/mol. The van der Waals surface area contributed by atoms with E-state index < -0.39 is 40.4 Å². The largest absolute Gasteiger partial charge is 0.388 e. The van der Waals surface area contributed by atoms with Crippen LogP contribution >= 0.6 is 0 Å². The van der Waals surface area contributed by atoms with Gasteiger partial charge in [-0.25, -0.2) is 22.0 Å². The fourth-order valence-electron chi connectivity index (χ4n) is 1.77. The highest BCUT2D eigenvalue weighted by atomic mass is 19.2. The van der Waals surface area contributed by atoms with Gasteiger partial charge in [-0.15, -0.1) is 0 Å². The van der Waals surface area contributed by atoms with Crippen molar-refractivity contribution < 1.29 is 27.1 Å². The summed E-state index contributed by atoms with van der Waals surface area (Å²) in [6.45, 7) is -0.259. The van der Waals surface area contributed by atoms with Gasteiger partial charge in [0.25, 0.3) is 0 Å². The molecular weight excluding hydrogens is 257 g/mol. The number of hydrogen-bond acceptors (Lipinski definition) is 2. The third kappa shape index (κ3) is 2.03. The summed E-state index contributed by atoms with van der Waals surface area (Å²) in [6.07, 6.45) is 1.61. The fraction of sp³-hybridized carbons (Fsp3) is 0.455. The van der Waals surface area contributed by atoms with E-state index in [0.29, 0.717) is 12.8 Å². The number of anilines is 1. The summed E-state index contributed by atoms with van der Waals surface area (Å²) < 4.78 is 64.9. The van der Waals surface area contributed by atoms with Gasteiger partial charge in [0.2, 0.25) is 5.82 Å².